The van der Waals surface area contributed by atoms with Crippen molar-refractivity contribution in [1.29, 1.82) is 0 Å². The van der Waals surface area contributed by atoms with Gasteiger partial charge in [-0.1, -0.05) is 12.1 Å². The lowest BCUT2D eigenvalue weighted by Gasteiger charge is -2.24. The molecule has 1 aliphatic heterocycles. The van der Waals surface area contributed by atoms with E-state index in [1.165, 1.54) is 15.3 Å². The zero-order valence-electron chi connectivity index (χ0n) is 13.5. The number of carbonyl (C=O) groups is 1. The second kappa shape index (κ2) is 7.18. The van der Waals surface area contributed by atoms with Crippen molar-refractivity contribution in [2.24, 2.45) is 0 Å². The minimum atomic E-state index is 0.275. The number of hydrogen-bond donors (Lipinski definition) is 1. The fourth-order valence-electron chi connectivity index (χ4n) is 3.24. The molecular formula is C19H23NO2S. The number of rotatable bonds is 5. The number of amides is 1. The van der Waals surface area contributed by atoms with E-state index < -0.39 is 0 Å². The number of likely N-dealkylation sites (tertiary alicyclic amines) is 1. The van der Waals surface area contributed by atoms with Crippen LogP contribution in [0.5, 0.6) is 5.75 Å². The van der Waals surface area contributed by atoms with Crippen LogP contribution in [0.15, 0.2) is 36.4 Å². The van der Waals surface area contributed by atoms with E-state index in [2.05, 4.69) is 24.0 Å². The van der Waals surface area contributed by atoms with Crippen molar-refractivity contribution in [2.45, 2.75) is 45.1 Å². The van der Waals surface area contributed by atoms with E-state index in [0.29, 0.717) is 6.42 Å². The number of benzene rings is 1. The van der Waals surface area contributed by atoms with Crippen LogP contribution in [0, 0.1) is 6.92 Å². The van der Waals surface area contributed by atoms with E-state index in [1.54, 1.807) is 12.1 Å². The van der Waals surface area contributed by atoms with E-state index in [1.807, 2.05) is 23.5 Å². The van der Waals surface area contributed by atoms with E-state index in [9.17, 15) is 9.90 Å². The Balaban J connectivity index is 1.54. The highest BCUT2D eigenvalue weighted by Gasteiger charge is 2.30. The quantitative estimate of drug-likeness (QED) is 0.880. The minimum absolute atomic E-state index is 0.275. The molecule has 0 bridgehead atoms. The maximum absolute atomic E-state index is 12.6. The van der Waals surface area contributed by atoms with Crippen molar-refractivity contribution in [3.63, 3.8) is 0 Å². The van der Waals surface area contributed by atoms with Crippen LogP contribution in [0.4, 0.5) is 0 Å². The number of aryl methyl sites for hydroxylation is 2. The molecule has 3 rings (SSSR count). The number of hydrogen-bond acceptors (Lipinski definition) is 3. The summed E-state index contributed by atoms with van der Waals surface area (Å²) < 4.78 is 0. The lowest BCUT2D eigenvalue weighted by atomic mass is 10.1. The molecule has 0 spiro atoms. The van der Waals surface area contributed by atoms with E-state index in [0.717, 1.165) is 32.2 Å². The summed E-state index contributed by atoms with van der Waals surface area (Å²) >= 11 is 1.81. The van der Waals surface area contributed by atoms with Crippen molar-refractivity contribution < 1.29 is 9.90 Å². The SMILES string of the molecule is Cc1ccc(C2CCCN2C(=O)CCCc2ccc(O)cc2)s1. The Hall–Kier alpha value is -1.81. The Morgan fingerprint density at radius 3 is 2.74 bits per heavy atom. The molecule has 1 aromatic heterocycles. The molecule has 4 heteroatoms. The van der Waals surface area contributed by atoms with Crippen molar-refractivity contribution in [1.82, 2.24) is 4.90 Å². The van der Waals surface area contributed by atoms with E-state index >= 15 is 0 Å². The molecular weight excluding hydrogens is 306 g/mol. The third-order valence-corrected chi connectivity index (χ3v) is 5.56. The van der Waals surface area contributed by atoms with Gasteiger partial charge in [0.25, 0.3) is 0 Å². The van der Waals surface area contributed by atoms with Gasteiger partial charge >= 0.3 is 0 Å². The summed E-state index contributed by atoms with van der Waals surface area (Å²) in [5.41, 5.74) is 1.17. The highest BCUT2D eigenvalue weighted by Crippen LogP contribution is 2.36. The van der Waals surface area contributed by atoms with Crippen molar-refractivity contribution in [3.05, 3.63) is 51.7 Å². The first-order chi connectivity index (χ1) is 11.1. The number of carbonyl (C=O) groups excluding carboxylic acids is 1. The molecule has 0 radical (unpaired) electrons. The molecule has 23 heavy (non-hydrogen) atoms. The summed E-state index contributed by atoms with van der Waals surface area (Å²) in [5.74, 6) is 0.563. The summed E-state index contributed by atoms with van der Waals surface area (Å²) in [4.78, 5) is 17.3. The van der Waals surface area contributed by atoms with Gasteiger partial charge in [-0.3, -0.25) is 4.79 Å². The second-order valence-electron chi connectivity index (χ2n) is 6.21. The fourth-order valence-corrected chi connectivity index (χ4v) is 4.27. The minimum Gasteiger partial charge on any atom is -0.508 e. The maximum atomic E-state index is 12.6. The average Bonchev–Trinajstić information content (AvgIpc) is 3.17. The molecule has 0 aliphatic carbocycles. The highest BCUT2D eigenvalue weighted by atomic mass is 32.1. The molecule has 1 unspecified atom stereocenters. The number of aromatic hydroxyl groups is 1. The average molecular weight is 329 g/mol. The topological polar surface area (TPSA) is 40.5 Å². The summed E-state index contributed by atoms with van der Waals surface area (Å²) in [6, 6.07) is 11.9. The van der Waals surface area contributed by atoms with Crippen LogP contribution in [0.2, 0.25) is 0 Å². The molecule has 2 heterocycles. The summed E-state index contributed by atoms with van der Waals surface area (Å²) in [7, 11) is 0. The maximum Gasteiger partial charge on any atom is 0.223 e. The lowest BCUT2D eigenvalue weighted by molar-refractivity contribution is -0.132. The molecule has 122 valence electrons. The fraction of sp³-hybridized carbons (Fsp3) is 0.421. The number of thiophene rings is 1. The monoisotopic (exact) mass is 329 g/mol. The van der Waals surface area contributed by atoms with Crippen LogP contribution in [0.3, 0.4) is 0 Å². The third-order valence-electron chi connectivity index (χ3n) is 4.46. The first-order valence-corrected chi connectivity index (χ1v) is 9.09. The van der Waals surface area contributed by atoms with Gasteiger partial charge in [-0.2, -0.15) is 0 Å². The predicted octanol–water partition coefficient (Wildman–Crippen LogP) is 4.45. The molecule has 1 aliphatic rings. The molecule has 3 nitrogen and oxygen atoms in total. The van der Waals surface area contributed by atoms with Gasteiger partial charge < -0.3 is 10.0 Å². The predicted molar refractivity (Wildman–Crippen MR) is 93.8 cm³/mol. The van der Waals surface area contributed by atoms with Crippen LogP contribution in [0.25, 0.3) is 0 Å². The summed E-state index contributed by atoms with van der Waals surface area (Å²) in [5, 5.41) is 9.29. The van der Waals surface area contributed by atoms with Crippen LogP contribution < -0.4 is 0 Å². The first kappa shape index (κ1) is 16.1. The van der Waals surface area contributed by atoms with Gasteiger partial charge in [-0.15, -0.1) is 11.3 Å². The van der Waals surface area contributed by atoms with Crippen LogP contribution in [-0.2, 0) is 11.2 Å². The van der Waals surface area contributed by atoms with E-state index in [4.69, 9.17) is 0 Å². The Labute approximate surface area is 141 Å². The van der Waals surface area contributed by atoms with E-state index in [-0.39, 0.29) is 17.7 Å². The zero-order chi connectivity index (χ0) is 16.2. The van der Waals surface area contributed by atoms with Crippen LogP contribution in [-0.4, -0.2) is 22.5 Å². The first-order valence-electron chi connectivity index (χ1n) is 8.27. The van der Waals surface area contributed by atoms with Gasteiger partial charge in [-0.05, 0) is 62.4 Å². The molecule has 1 saturated heterocycles. The van der Waals surface area contributed by atoms with Gasteiger partial charge in [-0.25, -0.2) is 0 Å². The standard InChI is InChI=1S/C19H23NO2S/c1-14-7-12-18(23-14)17-5-3-13-20(17)19(22)6-2-4-15-8-10-16(21)11-9-15/h7-12,17,21H,2-6,13H2,1H3. The lowest BCUT2D eigenvalue weighted by Crippen LogP contribution is -2.30. The Morgan fingerprint density at radius 1 is 1.26 bits per heavy atom. The molecule has 1 atom stereocenters. The summed E-state index contributed by atoms with van der Waals surface area (Å²) in [6.07, 6.45) is 4.52. The molecule has 1 amide bonds. The highest BCUT2D eigenvalue weighted by molar-refractivity contribution is 7.12. The number of nitrogens with zero attached hydrogens (tertiary/aromatic N) is 1. The second-order valence-corrected chi connectivity index (χ2v) is 7.53. The Kier molecular flexibility index (Phi) is 5.01. The van der Waals surface area contributed by atoms with Crippen molar-refractivity contribution in [2.75, 3.05) is 6.54 Å². The van der Waals surface area contributed by atoms with Crippen LogP contribution in [0.1, 0.15) is 47.0 Å². The van der Waals surface area contributed by atoms with Gasteiger partial charge in [0.1, 0.15) is 5.75 Å². The largest absolute Gasteiger partial charge is 0.508 e. The number of phenolic OH excluding ortho intramolecular Hbond substituents is 1. The normalized spacial score (nSPS) is 17.6. The van der Waals surface area contributed by atoms with Crippen molar-refractivity contribution >= 4 is 17.2 Å². The van der Waals surface area contributed by atoms with Gasteiger partial charge in [0.05, 0.1) is 6.04 Å². The molecule has 1 N–H and O–H groups in total. The third kappa shape index (κ3) is 3.94. The number of phenols is 1. The van der Waals surface area contributed by atoms with Crippen molar-refractivity contribution in [3.8, 4) is 5.75 Å². The van der Waals surface area contributed by atoms with Crippen LogP contribution >= 0.6 is 11.3 Å². The summed E-state index contributed by atoms with van der Waals surface area (Å²) in [6.45, 7) is 3.01. The van der Waals surface area contributed by atoms with Gasteiger partial charge in [0.2, 0.25) is 5.91 Å². The van der Waals surface area contributed by atoms with Gasteiger partial charge in [0, 0.05) is 22.7 Å². The Morgan fingerprint density at radius 2 is 2.04 bits per heavy atom. The molecule has 0 saturated carbocycles. The molecule has 1 fully saturated rings. The van der Waals surface area contributed by atoms with Gasteiger partial charge in [0.15, 0.2) is 0 Å². The zero-order valence-corrected chi connectivity index (χ0v) is 14.3. The smallest absolute Gasteiger partial charge is 0.223 e. The molecule has 1 aromatic carbocycles. The molecule has 2 aromatic rings. The Bertz CT molecular complexity index is 662.